The number of benzene rings is 4. The molecule has 0 N–H and O–H groups in total. The van der Waals surface area contributed by atoms with Crippen LogP contribution in [0.1, 0.15) is 16.7 Å². The number of hydrogen-bond donors (Lipinski definition) is 0. The van der Waals surface area contributed by atoms with Crippen molar-refractivity contribution in [3.63, 3.8) is 0 Å². The zero-order valence-electron chi connectivity index (χ0n) is 20.9. The number of fused-ring (bicyclic) bond motifs is 1. The maximum Gasteiger partial charge on any atom is 0.253 e. The molecule has 194 valence electrons. The van der Waals surface area contributed by atoms with Gasteiger partial charge in [0.1, 0.15) is 15.7 Å². The number of thiophene rings is 1. The molecule has 5 aromatic rings. The molecule has 0 unspecified atom stereocenters. The zero-order valence-corrected chi connectivity index (χ0v) is 23.3. The molecule has 0 aliphatic heterocycles. The lowest BCUT2D eigenvalue weighted by molar-refractivity contribution is 0.401. The minimum absolute atomic E-state index is 0.124. The first kappa shape index (κ1) is 26.3. The summed E-state index contributed by atoms with van der Waals surface area (Å²) in [5.74, 6) is 1.31. The lowest BCUT2D eigenvalue weighted by Crippen LogP contribution is -2.29. The predicted octanol–water partition coefficient (Wildman–Crippen LogP) is 8.06. The first-order chi connectivity index (χ1) is 18.3. The van der Waals surface area contributed by atoms with Crippen LogP contribution < -0.4 is 9.47 Å². The summed E-state index contributed by atoms with van der Waals surface area (Å²) in [5.41, 5.74) is 2.79. The normalized spacial score (nSPS) is 11.7. The number of nitrogens with zero attached hydrogens (tertiary/aromatic N) is 1. The molecule has 0 atom stereocenters. The average molecular weight is 564 g/mol. The predicted molar refractivity (Wildman–Crippen MR) is 154 cm³/mol. The highest BCUT2D eigenvalue weighted by molar-refractivity contribution is 7.91. The third kappa shape index (κ3) is 5.71. The number of hydrogen-bond acceptors (Lipinski definition) is 5. The van der Waals surface area contributed by atoms with Crippen molar-refractivity contribution in [2.45, 2.75) is 24.2 Å². The molecule has 1 aromatic heterocycles. The molecular weight excluding hydrogens is 538 g/mol. The summed E-state index contributed by atoms with van der Waals surface area (Å²) in [4.78, 5) is 0. The van der Waals surface area contributed by atoms with Gasteiger partial charge in [0, 0.05) is 13.1 Å². The lowest BCUT2D eigenvalue weighted by atomic mass is 10.0. The van der Waals surface area contributed by atoms with Crippen LogP contribution in [-0.4, -0.2) is 19.8 Å². The van der Waals surface area contributed by atoms with E-state index < -0.39 is 10.0 Å². The van der Waals surface area contributed by atoms with Crippen LogP contribution in [-0.2, 0) is 23.1 Å². The molecule has 0 amide bonds. The fourth-order valence-corrected chi connectivity index (χ4v) is 7.38. The maximum absolute atomic E-state index is 14.1. The second-order valence-electron chi connectivity index (χ2n) is 8.88. The average Bonchev–Trinajstić information content (AvgIpc) is 3.29. The first-order valence-corrected chi connectivity index (χ1v) is 14.6. The van der Waals surface area contributed by atoms with Gasteiger partial charge < -0.3 is 9.47 Å². The molecule has 38 heavy (non-hydrogen) atoms. The van der Waals surface area contributed by atoms with Crippen molar-refractivity contribution in [1.29, 1.82) is 0 Å². The fraction of sp³-hybridized carbons (Fsp3) is 0.133. The van der Waals surface area contributed by atoms with Crippen LogP contribution >= 0.6 is 22.9 Å². The van der Waals surface area contributed by atoms with E-state index in [0.29, 0.717) is 16.6 Å². The third-order valence-electron chi connectivity index (χ3n) is 6.17. The van der Waals surface area contributed by atoms with Crippen LogP contribution in [0.15, 0.2) is 101 Å². The molecule has 0 aliphatic carbocycles. The number of rotatable bonds is 9. The molecule has 0 bridgehead atoms. The van der Waals surface area contributed by atoms with E-state index >= 15 is 0 Å². The van der Waals surface area contributed by atoms with Gasteiger partial charge >= 0.3 is 0 Å². The van der Waals surface area contributed by atoms with E-state index in [0.717, 1.165) is 38.8 Å². The maximum atomic E-state index is 14.1. The molecule has 8 heteroatoms. The van der Waals surface area contributed by atoms with Crippen molar-refractivity contribution >= 4 is 43.7 Å². The Hall–Kier alpha value is -3.36. The quantitative estimate of drug-likeness (QED) is 0.182. The van der Waals surface area contributed by atoms with Gasteiger partial charge in [0.2, 0.25) is 5.06 Å². The SMILES string of the molecule is COc1ccc(CN(Cc2cccc3ccccc23)S(=O)(=O)c2cc(Cl)c(Oc3cccc(C)c3)s2)cc1. The van der Waals surface area contributed by atoms with Crippen LogP contribution in [0.5, 0.6) is 16.6 Å². The first-order valence-electron chi connectivity index (χ1n) is 12.0. The molecule has 5 nitrogen and oxygen atoms in total. The molecule has 0 fully saturated rings. The van der Waals surface area contributed by atoms with Crippen molar-refractivity contribution < 1.29 is 17.9 Å². The number of methoxy groups -OCH3 is 1. The van der Waals surface area contributed by atoms with Gasteiger partial charge in [-0.05, 0) is 64.7 Å². The number of sulfonamides is 1. The monoisotopic (exact) mass is 563 g/mol. The van der Waals surface area contributed by atoms with Gasteiger partial charge in [0.25, 0.3) is 10.0 Å². The molecule has 4 aromatic carbocycles. The van der Waals surface area contributed by atoms with E-state index in [-0.39, 0.29) is 22.3 Å². The molecular formula is C30H26ClNO4S2. The van der Waals surface area contributed by atoms with Gasteiger partial charge in [-0.2, -0.15) is 4.31 Å². The second-order valence-corrected chi connectivity index (χ2v) is 12.5. The molecule has 0 saturated carbocycles. The highest BCUT2D eigenvalue weighted by Crippen LogP contribution is 2.41. The van der Waals surface area contributed by atoms with Crippen molar-refractivity contribution in [3.8, 4) is 16.6 Å². The number of halogens is 1. The van der Waals surface area contributed by atoms with E-state index in [1.165, 1.54) is 10.4 Å². The Labute approximate surface area is 231 Å². The van der Waals surface area contributed by atoms with E-state index in [4.69, 9.17) is 21.1 Å². The number of aryl methyl sites for hydroxylation is 1. The van der Waals surface area contributed by atoms with Crippen molar-refractivity contribution in [1.82, 2.24) is 4.31 Å². The summed E-state index contributed by atoms with van der Waals surface area (Å²) in [6.07, 6.45) is 0. The van der Waals surface area contributed by atoms with Crippen LogP contribution in [0.2, 0.25) is 5.02 Å². The second kappa shape index (κ2) is 11.2. The third-order valence-corrected chi connectivity index (χ3v) is 9.82. The minimum atomic E-state index is -3.93. The van der Waals surface area contributed by atoms with Gasteiger partial charge in [0.15, 0.2) is 0 Å². The van der Waals surface area contributed by atoms with Crippen LogP contribution in [0.25, 0.3) is 10.8 Å². The Bertz CT molecular complexity index is 1680. The molecule has 5 rings (SSSR count). The summed E-state index contributed by atoms with van der Waals surface area (Å²) >= 11 is 7.49. The minimum Gasteiger partial charge on any atom is -0.497 e. The smallest absolute Gasteiger partial charge is 0.253 e. The standard InChI is InChI=1S/C30H26ClNO4S2/c1-21-7-5-11-26(17-21)36-30-28(31)18-29(37-30)38(33,34)32(19-22-13-15-25(35-2)16-14-22)20-24-10-6-9-23-8-3-4-12-27(23)24/h3-18H,19-20H2,1-2H3. The van der Waals surface area contributed by atoms with Crippen LogP contribution in [0.4, 0.5) is 0 Å². The van der Waals surface area contributed by atoms with Gasteiger partial charge in [0.05, 0.1) is 12.1 Å². The van der Waals surface area contributed by atoms with Crippen molar-refractivity contribution in [2.24, 2.45) is 0 Å². The van der Waals surface area contributed by atoms with E-state index in [9.17, 15) is 8.42 Å². The van der Waals surface area contributed by atoms with Gasteiger partial charge in [-0.25, -0.2) is 8.42 Å². The fourth-order valence-electron chi connectivity index (χ4n) is 4.22. The molecule has 0 radical (unpaired) electrons. The Kier molecular flexibility index (Phi) is 7.72. The zero-order chi connectivity index (χ0) is 26.7. The Morgan fingerprint density at radius 3 is 2.34 bits per heavy atom. The van der Waals surface area contributed by atoms with Crippen LogP contribution in [0.3, 0.4) is 0 Å². The highest BCUT2D eigenvalue weighted by atomic mass is 35.5. The van der Waals surface area contributed by atoms with Crippen molar-refractivity contribution in [2.75, 3.05) is 7.11 Å². The highest BCUT2D eigenvalue weighted by Gasteiger charge is 2.29. The number of ether oxygens (including phenoxy) is 2. The summed E-state index contributed by atoms with van der Waals surface area (Å²) in [6, 6.07) is 30.3. The van der Waals surface area contributed by atoms with Gasteiger partial charge in [-0.3, -0.25) is 0 Å². The topological polar surface area (TPSA) is 55.8 Å². The lowest BCUT2D eigenvalue weighted by Gasteiger charge is -2.22. The van der Waals surface area contributed by atoms with E-state index in [1.807, 2.05) is 97.9 Å². The largest absolute Gasteiger partial charge is 0.497 e. The van der Waals surface area contributed by atoms with Crippen LogP contribution in [0, 0.1) is 6.92 Å². The van der Waals surface area contributed by atoms with E-state index in [2.05, 4.69) is 0 Å². The molecule has 0 saturated heterocycles. The summed E-state index contributed by atoms with van der Waals surface area (Å²) in [7, 11) is -2.33. The van der Waals surface area contributed by atoms with Gasteiger partial charge in [-0.15, -0.1) is 0 Å². The summed E-state index contributed by atoms with van der Waals surface area (Å²) in [5, 5.41) is 2.66. The molecule has 0 aliphatic rings. The Morgan fingerprint density at radius 1 is 0.842 bits per heavy atom. The molecule has 1 heterocycles. The summed E-state index contributed by atoms with van der Waals surface area (Å²) < 4.78 is 41.0. The molecule has 0 spiro atoms. The Morgan fingerprint density at radius 2 is 1.58 bits per heavy atom. The summed E-state index contributed by atoms with van der Waals surface area (Å²) in [6.45, 7) is 2.33. The van der Waals surface area contributed by atoms with Crippen molar-refractivity contribution in [3.05, 3.63) is 119 Å². The Balaban J connectivity index is 1.51. The van der Waals surface area contributed by atoms with E-state index in [1.54, 1.807) is 7.11 Å². The van der Waals surface area contributed by atoms with Gasteiger partial charge in [-0.1, -0.05) is 89.7 Å².